The molecule has 10 nitrogen and oxygen atoms in total. The number of aromatic nitrogens is 1. The van der Waals surface area contributed by atoms with E-state index in [1.165, 1.54) is 190 Å². The zero-order chi connectivity index (χ0) is 59.0. The lowest BCUT2D eigenvalue weighted by Crippen LogP contribution is -2.59. The first-order valence-electron chi connectivity index (χ1n) is 35.3. The molecule has 16 bridgehead atoms. The fourth-order valence-electron chi connectivity index (χ4n) is 22.9. The molecule has 0 unspecified atom stereocenters. The average molecular weight is 1230 g/mol. The Kier molecular flexibility index (Phi) is 15.7. The smallest absolute Gasteiger partial charge is 0.156 e. The third kappa shape index (κ3) is 12.6. The van der Waals surface area contributed by atoms with Crippen molar-refractivity contribution < 1.29 is 13.3 Å². The molecular formula is C77H95N7O3S2. The average Bonchev–Trinajstić information content (AvgIpc) is 1.88. The topological polar surface area (TPSA) is 125 Å². The van der Waals surface area contributed by atoms with Gasteiger partial charge in [-0.2, -0.15) is 0 Å². The van der Waals surface area contributed by atoms with E-state index in [0.29, 0.717) is 22.2 Å². The van der Waals surface area contributed by atoms with Gasteiger partial charge in [0.1, 0.15) is 17.3 Å². The molecule has 0 aromatic carbocycles. The quantitative estimate of drug-likeness (QED) is 0.0755. The van der Waals surface area contributed by atoms with Crippen LogP contribution in [0.2, 0.25) is 0 Å². The number of nitrogens with zero attached hydrogens (tertiary/aromatic N) is 3. The zero-order valence-electron chi connectivity index (χ0n) is 52.5. The number of nitrogens with one attached hydrogen (secondary N) is 4. The first-order chi connectivity index (χ1) is 43.6. The summed E-state index contributed by atoms with van der Waals surface area (Å²) >= 11 is 3.76. The number of allylic oxidation sites excluding steroid dienone is 4. The number of pyridine rings is 1. The summed E-state index contributed by atoms with van der Waals surface area (Å²) in [5.74, 6) is 16.0. The molecule has 0 radical (unpaired) electrons. The summed E-state index contributed by atoms with van der Waals surface area (Å²) in [6.07, 6.45) is 51.5. The van der Waals surface area contributed by atoms with E-state index < -0.39 is 0 Å². The van der Waals surface area contributed by atoms with Crippen molar-refractivity contribution in [1.82, 2.24) is 26.3 Å². The molecule has 0 atom stereocenters. The summed E-state index contributed by atoms with van der Waals surface area (Å²) in [5.41, 5.74) is 6.48. The molecule has 18 aliphatic rings. The third-order valence-corrected chi connectivity index (χ3v) is 27.2. The number of hydrogen-bond acceptors (Lipinski definition) is 12. The number of thiophene rings is 2. The van der Waals surface area contributed by atoms with Gasteiger partial charge < -0.3 is 34.5 Å². The predicted octanol–water partition coefficient (Wildman–Crippen LogP) is 17.7. The van der Waals surface area contributed by atoms with Gasteiger partial charge in [0.15, 0.2) is 5.84 Å². The highest BCUT2D eigenvalue weighted by Crippen LogP contribution is 2.59. The van der Waals surface area contributed by atoms with Crippen LogP contribution < -0.4 is 21.3 Å². The molecule has 16 fully saturated rings. The van der Waals surface area contributed by atoms with Crippen molar-refractivity contribution in [1.29, 1.82) is 0 Å². The van der Waals surface area contributed by atoms with Crippen LogP contribution in [-0.2, 0) is 19.6 Å². The van der Waals surface area contributed by atoms with Crippen LogP contribution in [0.15, 0.2) is 139 Å². The molecule has 89 heavy (non-hydrogen) atoms. The molecule has 17 aliphatic carbocycles. The Hall–Kier alpha value is -4.95. The van der Waals surface area contributed by atoms with E-state index in [-0.39, 0.29) is 0 Å². The van der Waals surface area contributed by atoms with Crippen molar-refractivity contribution in [3.05, 3.63) is 143 Å². The lowest BCUT2D eigenvalue weighted by Gasteiger charge is -2.57. The third-order valence-electron chi connectivity index (χ3n) is 25.0. The monoisotopic (exact) mass is 1230 g/mol. The number of amidine groups is 1. The highest BCUT2D eigenvalue weighted by molar-refractivity contribution is 7.15. The van der Waals surface area contributed by atoms with Gasteiger partial charge in [-0.15, -0.1) is 22.7 Å². The van der Waals surface area contributed by atoms with E-state index in [9.17, 15) is 0 Å². The second kappa shape index (κ2) is 24.2. The van der Waals surface area contributed by atoms with E-state index in [4.69, 9.17) is 18.2 Å². The van der Waals surface area contributed by atoms with Crippen molar-refractivity contribution in [2.75, 3.05) is 13.1 Å². The van der Waals surface area contributed by atoms with Crippen LogP contribution in [0.3, 0.4) is 0 Å². The van der Waals surface area contributed by atoms with Gasteiger partial charge in [0.05, 0.1) is 42.5 Å². The maximum Gasteiger partial charge on any atom is 0.156 e. The zero-order valence-corrected chi connectivity index (χ0v) is 54.1. The van der Waals surface area contributed by atoms with Gasteiger partial charge in [0.2, 0.25) is 0 Å². The standard InChI is InChI=1S/C20H25NO.C19H24N4.2C19H23NOS/c1-2-4-17(3-1)19-6-5-18(22-19)13-21-20-10-14-7-15(11-20)9-16(8-14)12-20;1-2-16(10-20-3-1)18-21-11-17(23-18)12-22-19-7-13-4-14(8-19)6-15(5-13)9-19;1-2-18(16-3-4-21-12-16)22-17(1)11-20-19-8-13-5-14(9-19)7-15(6-13)10-19;1-2-17(21-5-1)18-4-3-16(22-18)12-20-19-9-13-6-14(10-19)8-15(7-13)11-19/h1-3,5-6,14-16,21H,4,7-13H2;1-3,10,13-15,22H,4-9,11-12H2;1-4,12-15,20H,5-11H2;1-5,13-15,20H,6-12H2. The lowest BCUT2D eigenvalue weighted by atomic mass is 9.53. The van der Waals surface area contributed by atoms with E-state index in [1.54, 1.807) is 18.7 Å². The van der Waals surface area contributed by atoms with Crippen molar-refractivity contribution >= 4 is 39.8 Å². The molecule has 24 rings (SSSR count). The Morgan fingerprint density at radius 3 is 1.44 bits per heavy atom. The lowest BCUT2D eigenvalue weighted by molar-refractivity contribution is -0.0213. The summed E-state index contributed by atoms with van der Waals surface area (Å²) in [7, 11) is 0. The molecule has 6 aromatic heterocycles. The molecule has 16 saturated carbocycles. The predicted molar refractivity (Wildman–Crippen MR) is 360 cm³/mol. The van der Waals surface area contributed by atoms with Crippen LogP contribution in [-0.4, -0.2) is 51.8 Å². The van der Waals surface area contributed by atoms with Gasteiger partial charge in [-0.3, -0.25) is 9.98 Å². The summed E-state index contributed by atoms with van der Waals surface area (Å²) in [6.45, 7) is 4.60. The van der Waals surface area contributed by atoms with Gasteiger partial charge in [-0.1, -0.05) is 18.2 Å². The largest absolute Gasteiger partial charge is 0.472 e. The molecule has 0 saturated heterocycles. The van der Waals surface area contributed by atoms with Crippen molar-refractivity contribution in [2.24, 2.45) is 81.0 Å². The van der Waals surface area contributed by atoms with Crippen LogP contribution in [0.1, 0.15) is 187 Å². The minimum Gasteiger partial charge on any atom is -0.472 e. The fourth-order valence-corrected chi connectivity index (χ4v) is 24.7. The second-order valence-electron chi connectivity index (χ2n) is 31.9. The minimum atomic E-state index is 0.411. The molecule has 12 heteroatoms. The van der Waals surface area contributed by atoms with Crippen LogP contribution in [0.4, 0.5) is 0 Å². The van der Waals surface area contributed by atoms with Gasteiger partial charge in [0, 0.05) is 79.9 Å². The molecule has 1 aliphatic heterocycles. The van der Waals surface area contributed by atoms with E-state index >= 15 is 0 Å². The van der Waals surface area contributed by atoms with Gasteiger partial charge in [0.25, 0.3) is 0 Å². The molecular weight excluding hydrogens is 1140 g/mol. The van der Waals surface area contributed by atoms with Gasteiger partial charge >= 0.3 is 0 Å². The Bertz CT molecular complexity index is 3280. The Morgan fingerprint density at radius 2 is 0.978 bits per heavy atom. The molecule has 6 aromatic rings. The first-order valence-corrected chi connectivity index (χ1v) is 37.0. The van der Waals surface area contributed by atoms with Crippen LogP contribution >= 0.6 is 22.7 Å². The molecule has 0 spiro atoms. The Labute approximate surface area is 536 Å². The molecule has 7 heterocycles. The number of rotatable bonds is 16. The van der Waals surface area contributed by atoms with Crippen molar-refractivity contribution in [3.63, 3.8) is 0 Å². The van der Waals surface area contributed by atoms with Crippen molar-refractivity contribution in [3.8, 4) is 21.1 Å². The van der Waals surface area contributed by atoms with Gasteiger partial charge in [-0.25, -0.2) is 4.99 Å². The summed E-state index contributed by atoms with van der Waals surface area (Å²) in [4.78, 5) is 18.9. The van der Waals surface area contributed by atoms with E-state index in [1.807, 2.05) is 65.5 Å². The summed E-state index contributed by atoms with van der Waals surface area (Å²) in [5, 5.41) is 15.8. The van der Waals surface area contributed by atoms with Crippen molar-refractivity contribution in [2.45, 2.75) is 202 Å². The fraction of sp³-hybridized carbons (Fsp3) is 0.597. The summed E-state index contributed by atoms with van der Waals surface area (Å²) in [6, 6.07) is 23.3. The van der Waals surface area contributed by atoms with E-state index in [0.717, 1.165) is 139 Å². The molecule has 4 N–H and O–H groups in total. The molecule has 468 valence electrons. The van der Waals surface area contributed by atoms with Gasteiger partial charge in [-0.05, 0) is 304 Å². The number of aliphatic imine (C=N–C) groups is 2. The minimum absolute atomic E-state index is 0.411. The highest BCUT2D eigenvalue weighted by Gasteiger charge is 2.54. The highest BCUT2D eigenvalue weighted by atomic mass is 32.1. The number of hydrogen-bond donors (Lipinski definition) is 4. The molecule has 0 amide bonds. The SMILES string of the molecule is C1=CCC(c2ccc(CNC34CC5CC(CC(C5)C3)C4)o2)=C1.c1cc(-c2ccc(CNC34CC5CC(CC(C5)C3)C4)s2)co1.c1cncc(C2=NCC(CNC34CC5CC(CC(C5)C3)C4)=N2)c1.c1coc(-c2ccc(CNC34CC5CC(CC(C5)C3)C4)s2)c1. The second-order valence-corrected chi connectivity index (χ2v) is 34.2. The van der Waals surface area contributed by atoms with E-state index in [2.05, 4.69) is 85.9 Å². The van der Waals surface area contributed by atoms with Crippen LogP contribution in [0, 0.1) is 71.0 Å². The number of furan rings is 3. The normalized spacial score (nSPS) is 37.2. The maximum absolute atomic E-state index is 6.06. The Morgan fingerprint density at radius 1 is 0.472 bits per heavy atom. The van der Waals surface area contributed by atoms with Crippen LogP contribution in [0.25, 0.3) is 26.7 Å². The first kappa shape index (κ1) is 57.9. The summed E-state index contributed by atoms with van der Waals surface area (Å²) < 4.78 is 16.8. The Balaban J connectivity index is 0.0000000918. The maximum atomic E-state index is 6.06. The van der Waals surface area contributed by atoms with Crippen LogP contribution in [0.5, 0.6) is 0 Å².